The van der Waals surface area contributed by atoms with E-state index in [-0.39, 0.29) is 6.03 Å². The highest BCUT2D eigenvalue weighted by molar-refractivity contribution is 7.09. The molecule has 0 saturated heterocycles. The van der Waals surface area contributed by atoms with Crippen molar-refractivity contribution < 1.29 is 9.21 Å². The predicted molar refractivity (Wildman–Crippen MR) is 100 cm³/mol. The quantitative estimate of drug-likeness (QED) is 0.552. The third kappa shape index (κ3) is 4.21. The summed E-state index contributed by atoms with van der Waals surface area (Å²) in [5.74, 6) is 1.35. The van der Waals surface area contributed by atoms with Crippen molar-refractivity contribution >= 4 is 23.1 Å². The maximum atomic E-state index is 12.8. The van der Waals surface area contributed by atoms with Crippen molar-refractivity contribution in [2.45, 2.75) is 13.1 Å². The standard InChI is InChI=1S/C18H16N6O2S/c25-18(22-14-5-6-17(20-9-14)24-13-19-12-21-24)23(10-15-3-1-7-26-15)11-16-4-2-8-27-16/h1-9,12-13H,10-11H2,(H,22,25). The topological polar surface area (TPSA) is 89.1 Å². The maximum Gasteiger partial charge on any atom is 0.322 e. The molecule has 0 atom stereocenters. The number of carbonyl (C=O) groups is 1. The minimum absolute atomic E-state index is 0.227. The van der Waals surface area contributed by atoms with E-state index in [0.717, 1.165) is 10.6 Å². The molecule has 2 amide bonds. The molecular weight excluding hydrogens is 364 g/mol. The van der Waals surface area contributed by atoms with Gasteiger partial charge in [-0.05, 0) is 35.7 Å². The Morgan fingerprint density at radius 2 is 2.19 bits per heavy atom. The molecule has 0 spiro atoms. The molecule has 8 nitrogen and oxygen atoms in total. The molecule has 0 unspecified atom stereocenters. The Kier molecular flexibility index (Phi) is 4.93. The molecule has 4 rings (SSSR count). The van der Waals surface area contributed by atoms with Crippen LogP contribution in [0.3, 0.4) is 0 Å². The Hall–Kier alpha value is -3.46. The van der Waals surface area contributed by atoms with Gasteiger partial charge in [0.25, 0.3) is 0 Å². The fraction of sp³-hybridized carbons (Fsp3) is 0.111. The first kappa shape index (κ1) is 17.0. The van der Waals surface area contributed by atoms with Crippen LogP contribution in [0.5, 0.6) is 0 Å². The van der Waals surface area contributed by atoms with E-state index in [2.05, 4.69) is 20.4 Å². The molecule has 136 valence electrons. The second kappa shape index (κ2) is 7.83. The number of nitrogens with zero attached hydrogens (tertiary/aromatic N) is 5. The van der Waals surface area contributed by atoms with E-state index in [1.54, 1.807) is 51.8 Å². The molecule has 0 saturated carbocycles. The van der Waals surface area contributed by atoms with Gasteiger partial charge >= 0.3 is 6.03 Å². The zero-order valence-corrected chi connectivity index (χ0v) is 15.0. The lowest BCUT2D eigenvalue weighted by Crippen LogP contribution is -2.33. The Morgan fingerprint density at radius 3 is 2.85 bits per heavy atom. The number of amides is 2. The van der Waals surface area contributed by atoms with Gasteiger partial charge in [0, 0.05) is 4.88 Å². The summed E-state index contributed by atoms with van der Waals surface area (Å²) in [7, 11) is 0. The van der Waals surface area contributed by atoms with Crippen molar-refractivity contribution in [1.82, 2.24) is 24.6 Å². The fourth-order valence-corrected chi connectivity index (χ4v) is 3.22. The van der Waals surface area contributed by atoms with Crippen LogP contribution in [-0.2, 0) is 13.1 Å². The summed E-state index contributed by atoms with van der Waals surface area (Å²) in [6.45, 7) is 0.871. The number of anilines is 1. The lowest BCUT2D eigenvalue weighted by atomic mass is 10.3. The molecule has 0 bridgehead atoms. The van der Waals surface area contributed by atoms with Crippen LogP contribution in [0.4, 0.5) is 10.5 Å². The van der Waals surface area contributed by atoms with Crippen LogP contribution in [0.15, 0.2) is 71.3 Å². The number of urea groups is 1. The number of furan rings is 1. The number of hydrogen-bond acceptors (Lipinski definition) is 6. The second-order valence-electron chi connectivity index (χ2n) is 5.69. The number of rotatable bonds is 6. The molecule has 0 radical (unpaired) electrons. The van der Waals surface area contributed by atoms with Gasteiger partial charge in [0.1, 0.15) is 18.4 Å². The minimum atomic E-state index is -0.227. The van der Waals surface area contributed by atoms with Crippen LogP contribution >= 0.6 is 11.3 Å². The molecule has 0 aliphatic heterocycles. The number of aromatic nitrogens is 4. The molecule has 27 heavy (non-hydrogen) atoms. The number of pyridine rings is 1. The number of carbonyl (C=O) groups excluding carboxylic acids is 1. The normalized spacial score (nSPS) is 10.7. The van der Waals surface area contributed by atoms with Crippen molar-refractivity contribution in [3.8, 4) is 5.82 Å². The van der Waals surface area contributed by atoms with E-state index in [1.807, 2.05) is 29.6 Å². The predicted octanol–water partition coefficient (Wildman–Crippen LogP) is 3.55. The van der Waals surface area contributed by atoms with Crippen LogP contribution in [-0.4, -0.2) is 30.7 Å². The molecule has 4 aromatic heterocycles. The Balaban J connectivity index is 1.47. The first-order valence-electron chi connectivity index (χ1n) is 8.20. The van der Waals surface area contributed by atoms with E-state index >= 15 is 0 Å². The van der Waals surface area contributed by atoms with Crippen molar-refractivity contribution in [1.29, 1.82) is 0 Å². The third-order valence-electron chi connectivity index (χ3n) is 3.79. The highest BCUT2D eigenvalue weighted by Crippen LogP contribution is 2.17. The van der Waals surface area contributed by atoms with Crippen molar-refractivity contribution in [2.24, 2.45) is 0 Å². The van der Waals surface area contributed by atoms with Crippen molar-refractivity contribution in [2.75, 3.05) is 5.32 Å². The monoisotopic (exact) mass is 380 g/mol. The zero-order chi connectivity index (χ0) is 18.5. The van der Waals surface area contributed by atoms with Crippen LogP contribution in [0.1, 0.15) is 10.6 Å². The molecular formula is C18H16N6O2S. The van der Waals surface area contributed by atoms with Gasteiger partial charge in [-0.1, -0.05) is 6.07 Å². The van der Waals surface area contributed by atoms with Crippen molar-refractivity contribution in [3.05, 3.63) is 77.5 Å². The molecule has 0 aliphatic carbocycles. The summed E-state index contributed by atoms with van der Waals surface area (Å²) in [6.07, 6.45) is 6.19. The summed E-state index contributed by atoms with van der Waals surface area (Å²) >= 11 is 1.61. The highest BCUT2D eigenvalue weighted by atomic mass is 32.1. The van der Waals surface area contributed by atoms with Crippen LogP contribution in [0, 0.1) is 0 Å². The van der Waals surface area contributed by atoms with E-state index in [9.17, 15) is 4.79 Å². The summed E-state index contributed by atoms with van der Waals surface area (Å²) in [5, 5.41) is 8.90. The highest BCUT2D eigenvalue weighted by Gasteiger charge is 2.17. The molecule has 9 heteroatoms. The average molecular weight is 380 g/mol. The van der Waals surface area contributed by atoms with Gasteiger partial charge in [-0.3, -0.25) is 0 Å². The SMILES string of the molecule is O=C(Nc1ccc(-n2cncn2)nc1)N(Cc1ccco1)Cc1cccs1. The van der Waals surface area contributed by atoms with E-state index in [0.29, 0.717) is 24.6 Å². The lowest BCUT2D eigenvalue weighted by molar-refractivity contribution is 0.202. The second-order valence-corrected chi connectivity index (χ2v) is 6.72. The maximum absolute atomic E-state index is 12.8. The van der Waals surface area contributed by atoms with Crippen LogP contribution in [0.25, 0.3) is 5.82 Å². The fourth-order valence-electron chi connectivity index (χ4n) is 2.51. The molecule has 0 aromatic carbocycles. The van der Waals surface area contributed by atoms with Gasteiger partial charge < -0.3 is 14.6 Å². The number of nitrogens with one attached hydrogen (secondary N) is 1. The molecule has 1 N–H and O–H groups in total. The van der Waals surface area contributed by atoms with Gasteiger partial charge in [0.15, 0.2) is 5.82 Å². The first-order chi connectivity index (χ1) is 13.3. The summed E-state index contributed by atoms with van der Waals surface area (Å²) in [5.41, 5.74) is 0.597. The summed E-state index contributed by atoms with van der Waals surface area (Å²) < 4.78 is 6.94. The van der Waals surface area contributed by atoms with Gasteiger partial charge in [-0.2, -0.15) is 5.10 Å². The Morgan fingerprint density at radius 1 is 1.22 bits per heavy atom. The smallest absolute Gasteiger partial charge is 0.322 e. The van der Waals surface area contributed by atoms with Gasteiger partial charge in [-0.15, -0.1) is 11.3 Å². The van der Waals surface area contributed by atoms with E-state index < -0.39 is 0 Å². The van der Waals surface area contributed by atoms with Crippen molar-refractivity contribution in [3.63, 3.8) is 0 Å². The average Bonchev–Trinajstić information content (AvgIpc) is 3.45. The summed E-state index contributed by atoms with van der Waals surface area (Å²) in [6, 6.07) is 10.9. The molecule has 0 fully saturated rings. The lowest BCUT2D eigenvalue weighted by Gasteiger charge is -2.21. The Bertz CT molecular complexity index is 929. The van der Waals surface area contributed by atoms with E-state index in [4.69, 9.17) is 4.42 Å². The van der Waals surface area contributed by atoms with Crippen LogP contribution < -0.4 is 5.32 Å². The van der Waals surface area contributed by atoms with Gasteiger partial charge in [0.2, 0.25) is 0 Å². The first-order valence-corrected chi connectivity index (χ1v) is 9.07. The molecule has 4 aromatic rings. The summed E-state index contributed by atoms with van der Waals surface area (Å²) in [4.78, 5) is 23.8. The van der Waals surface area contributed by atoms with Gasteiger partial charge in [-0.25, -0.2) is 19.4 Å². The largest absolute Gasteiger partial charge is 0.467 e. The zero-order valence-electron chi connectivity index (χ0n) is 14.2. The number of hydrogen-bond donors (Lipinski definition) is 1. The number of thiophene rings is 1. The Labute approximate surface area is 159 Å². The molecule has 4 heterocycles. The van der Waals surface area contributed by atoms with Gasteiger partial charge in [0.05, 0.1) is 31.2 Å². The van der Waals surface area contributed by atoms with Crippen LogP contribution in [0.2, 0.25) is 0 Å². The third-order valence-corrected chi connectivity index (χ3v) is 4.65. The minimum Gasteiger partial charge on any atom is -0.467 e. The van der Waals surface area contributed by atoms with E-state index in [1.165, 1.54) is 6.33 Å². The molecule has 0 aliphatic rings.